The van der Waals surface area contributed by atoms with Gasteiger partial charge < -0.3 is 5.32 Å². The second-order valence-electron chi connectivity index (χ2n) is 9.34. The minimum absolute atomic E-state index is 0.162. The van der Waals surface area contributed by atoms with Gasteiger partial charge in [-0.15, -0.1) is 5.10 Å². The number of nitrogens with zero attached hydrogens (tertiary/aromatic N) is 4. The molecular weight excluding hydrogens is 338 g/mol. The molecule has 1 saturated carbocycles. The first-order valence-electron chi connectivity index (χ1n) is 11.0. The van der Waals surface area contributed by atoms with Crippen LogP contribution in [0.4, 0.5) is 0 Å². The lowest BCUT2D eigenvalue weighted by Gasteiger charge is -2.49. The molecule has 2 bridgehead atoms. The Morgan fingerprint density at radius 2 is 2.07 bits per heavy atom. The molecular formula is C21H35N5O. The Labute approximate surface area is 163 Å². The Morgan fingerprint density at radius 1 is 1.26 bits per heavy atom. The van der Waals surface area contributed by atoms with E-state index >= 15 is 0 Å². The molecule has 4 heterocycles. The van der Waals surface area contributed by atoms with E-state index in [-0.39, 0.29) is 17.9 Å². The van der Waals surface area contributed by atoms with Gasteiger partial charge in [-0.1, -0.05) is 37.3 Å². The molecule has 4 atom stereocenters. The van der Waals surface area contributed by atoms with Crippen molar-refractivity contribution in [2.75, 3.05) is 13.1 Å². The van der Waals surface area contributed by atoms with Crippen LogP contribution in [0.3, 0.4) is 0 Å². The van der Waals surface area contributed by atoms with Crippen LogP contribution in [-0.4, -0.2) is 51.0 Å². The Kier molecular flexibility index (Phi) is 5.81. The maximum absolute atomic E-state index is 12.5. The van der Waals surface area contributed by atoms with Crippen molar-refractivity contribution in [3.63, 3.8) is 0 Å². The van der Waals surface area contributed by atoms with Crippen molar-refractivity contribution in [3.8, 4) is 0 Å². The van der Waals surface area contributed by atoms with Crippen LogP contribution in [-0.2, 0) is 17.8 Å². The molecule has 1 amide bonds. The van der Waals surface area contributed by atoms with Crippen molar-refractivity contribution in [2.45, 2.75) is 83.8 Å². The molecule has 1 aromatic heterocycles. The van der Waals surface area contributed by atoms with Gasteiger partial charge in [0.25, 0.3) is 0 Å². The normalized spacial score (nSPS) is 31.4. The fourth-order valence-electron chi connectivity index (χ4n) is 5.44. The van der Waals surface area contributed by atoms with Crippen molar-refractivity contribution in [1.29, 1.82) is 0 Å². The van der Waals surface area contributed by atoms with Crippen molar-refractivity contribution < 1.29 is 4.79 Å². The number of hydrogen-bond acceptors (Lipinski definition) is 4. The highest BCUT2D eigenvalue weighted by Crippen LogP contribution is 2.37. The van der Waals surface area contributed by atoms with Crippen LogP contribution in [0, 0.1) is 17.8 Å². The summed E-state index contributed by atoms with van der Waals surface area (Å²) in [7, 11) is 0. The van der Waals surface area contributed by atoms with Gasteiger partial charge in [0.05, 0.1) is 18.2 Å². The number of fused-ring (bicyclic) bond motifs is 3. The van der Waals surface area contributed by atoms with E-state index in [2.05, 4.69) is 26.7 Å². The second-order valence-corrected chi connectivity index (χ2v) is 9.34. The zero-order valence-corrected chi connectivity index (χ0v) is 16.9. The highest BCUT2D eigenvalue weighted by molar-refractivity contribution is 5.79. The summed E-state index contributed by atoms with van der Waals surface area (Å²) in [6.07, 6.45) is 12.4. The summed E-state index contributed by atoms with van der Waals surface area (Å²) in [6.45, 7) is 7.00. The summed E-state index contributed by atoms with van der Waals surface area (Å²) < 4.78 is 2.05. The molecule has 6 heteroatoms. The Hall–Kier alpha value is -1.43. The number of amides is 1. The van der Waals surface area contributed by atoms with E-state index in [0.717, 1.165) is 50.5 Å². The number of rotatable bonds is 6. The van der Waals surface area contributed by atoms with Crippen LogP contribution in [0.25, 0.3) is 0 Å². The molecule has 5 rings (SSSR count). The topological polar surface area (TPSA) is 63.1 Å². The largest absolute Gasteiger partial charge is 0.354 e. The fourth-order valence-corrected chi connectivity index (χ4v) is 5.44. The zero-order chi connectivity index (χ0) is 18.8. The molecule has 3 aliphatic heterocycles. The summed E-state index contributed by atoms with van der Waals surface area (Å²) >= 11 is 0. The lowest BCUT2D eigenvalue weighted by atomic mass is 9.75. The van der Waals surface area contributed by atoms with Crippen LogP contribution in [0.1, 0.15) is 64.5 Å². The molecule has 4 fully saturated rings. The quantitative estimate of drug-likeness (QED) is 0.833. The molecule has 1 aromatic rings. The van der Waals surface area contributed by atoms with Gasteiger partial charge in [-0.25, -0.2) is 0 Å². The van der Waals surface area contributed by atoms with E-state index in [0.29, 0.717) is 12.0 Å². The van der Waals surface area contributed by atoms with Gasteiger partial charge in [0, 0.05) is 24.8 Å². The zero-order valence-electron chi connectivity index (χ0n) is 16.9. The number of carbonyl (C=O) groups excluding carboxylic acids is 1. The first-order chi connectivity index (χ1) is 13.1. The average molecular weight is 374 g/mol. The summed E-state index contributed by atoms with van der Waals surface area (Å²) in [4.78, 5) is 15.0. The van der Waals surface area contributed by atoms with Gasteiger partial charge in [-0.3, -0.25) is 14.4 Å². The van der Waals surface area contributed by atoms with Crippen LogP contribution in [0.15, 0.2) is 6.20 Å². The molecule has 2 unspecified atom stereocenters. The molecule has 0 spiro atoms. The highest BCUT2D eigenvalue weighted by atomic mass is 16.2. The third kappa shape index (κ3) is 4.53. The fraction of sp³-hybridized carbons (Fsp3) is 0.857. The van der Waals surface area contributed by atoms with Gasteiger partial charge in [0.15, 0.2) is 0 Å². The van der Waals surface area contributed by atoms with Gasteiger partial charge in [0.1, 0.15) is 0 Å². The number of carbonyl (C=O) groups is 1. The maximum atomic E-state index is 12.5. The summed E-state index contributed by atoms with van der Waals surface area (Å²) in [5.41, 5.74) is 1.16. The number of aromatic nitrogens is 3. The van der Waals surface area contributed by atoms with Crippen molar-refractivity contribution in [3.05, 3.63) is 11.9 Å². The number of nitrogens with one attached hydrogen (secondary N) is 1. The van der Waals surface area contributed by atoms with Gasteiger partial charge in [-0.2, -0.15) is 0 Å². The third-order valence-corrected chi connectivity index (χ3v) is 6.85. The molecule has 27 heavy (non-hydrogen) atoms. The molecule has 3 saturated heterocycles. The molecule has 150 valence electrons. The smallest absolute Gasteiger partial charge is 0.224 e. The van der Waals surface area contributed by atoms with Crippen molar-refractivity contribution in [1.82, 2.24) is 25.2 Å². The first kappa shape index (κ1) is 18.9. The van der Waals surface area contributed by atoms with E-state index in [1.165, 1.54) is 32.1 Å². The minimum atomic E-state index is 0.162. The maximum Gasteiger partial charge on any atom is 0.224 e. The summed E-state index contributed by atoms with van der Waals surface area (Å²) in [5.74, 6) is 1.73. The second kappa shape index (κ2) is 8.29. The predicted molar refractivity (Wildman–Crippen MR) is 105 cm³/mol. The van der Waals surface area contributed by atoms with Crippen LogP contribution in [0.2, 0.25) is 0 Å². The van der Waals surface area contributed by atoms with E-state index in [1.54, 1.807) is 0 Å². The van der Waals surface area contributed by atoms with Crippen molar-refractivity contribution in [2.24, 2.45) is 17.8 Å². The van der Waals surface area contributed by atoms with E-state index < -0.39 is 0 Å². The molecule has 1 N–H and O–H groups in total. The highest BCUT2D eigenvalue weighted by Gasteiger charge is 2.43. The van der Waals surface area contributed by atoms with E-state index in [4.69, 9.17) is 0 Å². The van der Waals surface area contributed by atoms with Crippen LogP contribution >= 0.6 is 0 Å². The SMILES string of the molecule is CC(C)NC(=O)[C@H]1CN2CCC1C[C@@H]2Cn1cc(CC2CCCCC2)nn1. The van der Waals surface area contributed by atoms with Gasteiger partial charge in [-0.05, 0) is 51.5 Å². The summed E-state index contributed by atoms with van der Waals surface area (Å²) in [6, 6.07) is 0.720. The monoisotopic (exact) mass is 373 g/mol. The molecule has 1 aliphatic carbocycles. The molecule has 4 aliphatic rings. The van der Waals surface area contributed by atoms with Gasteiger partial charge >= 0.3 is 0 Å². The molecule has 6 nitrogen and oxygen atoms in total. The molecule has 0 aromatic carbocycles. The number of hydrogen-bond donors (Lipinski definition) is 1. The average Bonchev–Trinajstić information content (AvgIpc) is 3.09. The van der Waals surface area contributed by atoms with E-state index in [9.17, 15) is 4.79 Å². The van der Waals surface area contributed by atoms with Crippen LogP contribution in [0.5, 0.6) is 0 Å². The number of piperidine rings is 3. The standard InChI is InChI=1S/C21H35N5O/c1-15(2)22-21(27)20-14-25-9-8-17(20)11-19(25)13-26-12-18(23-24-26)10-16-6-4-3-5-7-16/h12,15-17,19-20H,3-11,13-14H2,1-2H3,(H,22,27)/t17?,19-,20+/m1/s1. The van der Waals surface area contributed by atoms with E-state index in [1.807, 2.05) is 18.5 Å². The first-order valence-corrected chi connectivity index (χ1v) is 11.0. The Balaban J connectivity index is 1.31. The third-order valence-electron chi connectivity index (χ3n) is 6.85. The Bertz CT molecular complexity index is 636. The van der Waals surface area contributed by atoms with Gasteiger partial charge in [0.2, 0.25) is 5.91 Å². The Morgan fingerprint density at radius 3 is 2.78 bits per heavy atom. The molecule has 0 radical (unpaired) electrons. The lowest BCUT2D eigenvalue weighted by Crippen LogP contribution is -2.58. The summed E-state index contributed by atoms with van der Waals surface area (Å²) in [5, 5.41) is 12.0. The predicted octanol–water partition coefficient (Wildman–Crippen LogP) is 2.64. The minimum Gasteiger partial charge on any atom is -0.354 e. The lowest BCUT2D eigenvalue weighted by molar-refractivity contribution is -0.133. The van der Waals surface area contributed by atoms with Crippen molar-refractivity contribution >= 4 is 5.91 Å². The van der Waals surface area contributed by atoms with Crippen LogP contribution < -0.4 is 5.32 Å².